The van der Waals surface area contributed by atoms with Crippen molar-refractivity contribution in [2.75, 3.05) is 6.61 Å². The van der Waals surface area contributed by atoms with E-state index in [1.165, 1.54) is 0 Å². The molecule has 0 heterocycles. The van der Waals surface area contributed by atoms with Gasteiger partial charge < -0.3 is 0 Å². The van der Waals surface area contributed by atoms with Crippen molar-refractivity contribution in [2.45, 2.75) is 33.1 Å². The maximum absolute atomic E-state index is 11.1. The summed E-state index contributed by atoms with van der Waals surface area (Å²) in [5.41, 5.74) is 0.00639. The highest BCUT2D eigenvalue weighted by atomic mass is 17.2. The maximum atomic E-state index is 11.1. The molecule has 0 aliphatic rings. The van der Waals surface area contributed by atoms with Crippen LogP contribution in [0.5, 0.6) is 0 Å². The van der Waals surface area contributed by atoms with Gasteiger partial charge in [-0.2, -0.15) is 10.1 Å². The predicted octanol–water partition coefficient (Wildman–Crippen LogP) is 2.12. The topological polar surface area (TPSA) is 59.3 Å². The van der Waals surface area contributed by atoms with Gasteiger partial charge in [-0.1, -0.05) is 25.8 Å². The van der Waals surface area contributed by atoms with Crippen molar-refractivity contribution in [1.29, 1.82) is 5.26 Å². The summed E-state index contributed by atoms with van der Waals surface area (Å²) < 4.78 is 0. The molecule has 0 aromatic rings. The SMILES string of the molecule is CCCCC=C(C#N)C(=O)OOCC. The van der Waals surface area contributed by atoms with E-state index in [4.69, 9.17) is 5.26 Å². The van der Waals surface area contributed by atoms with Crippen molar-refractivity contribution in [3.05, 3.63) is 11.6 Å². The monoisotopic (exact) mass is 197 g/mol. The Kier molecular flexibility index (Phi) is 7.48. The van der Waals surface area contributed by atoms with E-state index in [9.17, 15) is 4.79 Å². The van der Waals surface area contributed by atoms with Crippen molar-refractivity contribution < 1.29 is 14.6 Å². The molecule has 0 aromatic heterocycles. The number of rotatable bonds is 6. The highest BCUT2D eigenvalue weighted by molar-refractivity contribution is 5.92. The van der Waals surface area contributed by atoms with Crippen LogP contribution in [0.4, 0.5) is 0 Å². The Morgan fingerprint density at radius 2 is 2.21 bits per heavy atom. The third-order valence-electron chi connectivity index (χ3n) is 1.50. The molecule has 0 N–H and O–H groups in total. The zero-order valence-corrected chi connectivity index (χ0v) is 8.58. The lowest BCUT2D eigenvalue weighted by Gasteiger charge is -1.99. The number of allylic oxidation sites excluding steroid dienone is 1. The minimum atomic E-state index is -0.717. The van der Waals surface area contributed by atoms with Crippen molar-refractivity contribution in [1.82, 2.24) is 0 Å². The van der Waals surface area contributed by atoms with Gasteiger partial charge in [0.25, 0.3) is 0 Å². The molecule has 0 saturated carbocycles. The van der Waals surface area contributed by atoms with Crippen LogP contribution in [0.1, 0.15) is 33.1 Å². The number of nitriles is 1. The first-order valence-electron chi connectivity index (χ1n) is 4.70. The van der Waals surface area contributed by atoms with E-state index in [1.54, 1.807) is 19.1 Å². The van der Waals surface area contributed by atoms with Gasteiger partial charge >= 0.3 is 5.97 Å². The molecule has 0 aromatic carbocycles. The molecule has 0 bridgehead atoms. The van der Waals surface area contributed by atoms with E-state index in [0.29, 0.717) is 6.42 Å². The number of nitrogens with zero attached hydrogens (tertiary/aromatic N) is 1. The summed E-state index contributed by atoms with van der Waals surface area (Å²) in [7, 11) is 0. The summed E-state index contributed by atoms with van der Waals surface area (Å²) in [4.78, 5) is 19.9. The van der Waals surface area contributed by atoms with Gasteiger partial charge in [0.05, 0.1) is 6.61 Å². The standard InChI is InChI=1S/C10H15NO3/c1-3-5-6-7-9(8-11)10(12)14-13-4-2/h7H,3-6H2,1-2H3. The Hall–Kier alpha value is -1.34. The highest BCUT2D eigenvalue weighted by Crippen LogP contribution is 2.03. The lowest BCUT2D eigenvalue weighted by molar-refractivity contribution is -0.265. The molecule has 0 spiro atoms. The zero-order chi connectivity index (χ0) is 10.8. The molecule has 0 saturated heterocycles. The Labute approximate surface area is 84.0 Å². The summed E-state index contributed by atoms with van der Waals surface area (Å²) in [6.45, 7) is 4.01. The van der Waals surface area contributed by atoms with E-state index in [-0.39, 0.29) is 12.2 Å². The third kappa shape index (κ3) is 5.33. The van der Waals surface area contributed by atoms with E-state index >= 15 is 0 Å². The van der Waals surface area contributed by atoms with Gasteiger partial charge in [-0.15, -0.1) is 0 Å². The fourth-order valence-electron chi connectivity index (χ4n) is 0.782. The Morgan fingerprint density at radius 3 is 2.71 bits per heavy atom. The van der Waals surface area contributed by atoms with Gasteiger partial charge in [-0.25, -0.2) is 4.79 Å². The van der Waals surface area contributed by atoms with Crippen LogP contribution in [0.15, 0.2) is 11.6 Å². The Bertz CT molecular complexity index is 240. The second kappa shape index (κ2) is 8.27. The molecule has 78 valence electrons. The van der Waals surface area contributed by atoms with Crippen LogP contribution in [0.25, 0.3) is 0 Å². The molecule has 0 aliphatic carbocycles. The third-order valence-corrected chi connectivity index (χ3v) is 1.50. The molecule has 0 unspecified atom stereocenters. The van der Waals surface area contributed by atoms with Crippen LogP contribution >= 0.6 is 0 Å². The van der Waals surface area contributed by atoms with Gasteiger partial charge in [0.1, 0.15) is 11.6 Å². The minimum Gasteiger partial charge on any atom is -0.292 e. The summed E-state index contributed by atoms with van der Waals surface area (Å²) in [6, 6.07) is 1.78. The van der Waals surface area contributed by atoms with Crippen molar-refractivity contribution in [3.63, 3.8) is 0 Å². The van der Waals surface area contributed by atoms with Crippen LogP contribution in [0.2, 0.25) is 0 Å². The number of carbonyl (C=O) groups is 1. The average Bonchev–Trinajstić information content (AvgIpc) is 2.21. The first kappa shape index (κ1) is 12.7. The van der Waals surface area contributed by atoms with E-state index in [2.05, 4.69) is 9.78 Å². The summed E-state index contributed by atoms with van der Waals surface area (Å²) in [6.07, 6.45) is 4.26. The van der Waals surface area contributed by atoms with Crippen molar-refractivity contribution >= 4 is 5.97 Å². The normalized spacial score (nSPS) is 10.8. The number of carbonyl (C=O) groups excluding carboxylic acids is 1. The Morgan fingerprint density at radius 1 is 1.50 bits per heavy atom. The van der Waals surface area contributed by atoms with E-state index in [0.717, 1.165) is 12.8 Å². The summed E-state index contributed by atoms with van der Waals surface area (Å²) in [5.74, 6) is -0.717. The maximum Gasteiger partial charge on any atom is 0.383 e. The van der Waals surface area contributed by atoms with Crippen LogP contribution < -0.4 is 0 Å². The molecule has 0 atom stereocenters. The molecule has 0 radical (unpaired) electrons. The number of hydrogen-bond donors (Lipinski definition) is 0. The molecular formula is C10H15NO3. The van der Waals surface area contributed by atoms with Crippen LogP contribution in [0, 0.1) is 11.3 Å². The molecule has 4 nitrogen and oxygen atoms in total. The summed E-state index contributed by atoms with van der Waals surface area (Å²) >= 11 is 0. The Balaban J connectivity index is 4.06. The average molecular weight is 197 g/mol. The molecule has 0 rings (SSSR count). The predicted molar refractivity (Wildman–Crippen MR) is 50.9 cm³/mol. The summed E-state index contributed by atoms with van der Waals surface area (Å²) in [5, 5.41) is 8.62. The second-order valence-corrected chi connectivity index (χ2v) is 2.65. The second-order valence-electron chi connectivity index (χ2n) is 2.65. The molecule has 0 aliphatic heterocycles. The first-order valence-corrected chi connectivity index (χ1v) is 4.70. The molecular weight excluding hydrogens is 182 g/mol. The fourth-order valence-corrected chi connectivity index (χ4v) is 0.782. The molecule has 14 heavy (non-hydrogen) atoms. The lowest BCUT2D eigenvalue weighted by Crippen LogP contribution is -2.07. The van der Waals surface area contributed by atoms with Crippen LogP contribution in [-0.4, -0.2) is 12.6 Å². The first-order chi connectivity index (χ1) is 6.76. The van der Waals surface area contributed by atoms with Gasteiger partial charge in [-0.05, 0) is 13.3 Å². The van der Waals surface area contributed by atoms with Crippen LogP contribution in [0.3, 0.4) is 0 Å². The van der Waals surface area contributed by atoms with Crippen molar-refractivity contribution in [2.24, 2.45) is 0 Å². The lowest BCUT2D eigenvalue weighted by atomic mass is 10.2. The minimum absolute atomic E-state index is 0.00639. The van der Waals surface area contributed by atoms with Gasteiger partial charge in [0.15, 0.2) is 0 Å². The van der Waals surface area contributed by atoms with E-state index in [1.807, 2.05) is 6.92 Å². The zero-order valence-electron chi connectivity index (χ0n) is 8.58. The smallest absolute Gasteiger partial charge is 0.292 e. The highest BCUT2D eigenvalue weighted by Gasteiger charge is 2.10. The quantitative estimate of drug-likeness (QED) is 0.215. The van der Waals surface area contributed by atoms with E-state index < -0.39 is 5.97 Å². The molecule has 0 amide bonds. The number of hydrogen-bond acceptors (Lipinski definition) is 4. The molecule has 0 fully saturated rings. The van der Waals surface area contributed by atoms with Crippen LogP contribution in [-0.2, 0) is 14.6 Å². The number of unbranched alkanes of at least 4 members (excludes halogenated alkanes) is 2. The largest absolute Gasteiger partial charge is 0.383 e. The fraction of sp³-hybridized carbons (Fsp3) is 0.600. The van der Waals surface area contributed by atoms with Crippen molar-refractivity contribution in [3.8, 4) is 6.07 Å². The van der Waals surface area contributed by atoms with Gasteiger partial charge in [0.2, 0.25) is 0 Å². The van der Waals surface area contributed by atoms with Gasteiger partial charge in [-0.3, -0.25) is 4.89 Å². The molecule has 4 heteroatoms. The van der Waals surface area contributed by atoms with Gasteiger partial charge in [0, 0.05) is 0 Å².